The SMILES string of the molecule is CCNC(=NCC(c1ccsc1)N(CC)CC)N1CCN(C(=O)c2ccco2)CC1. The minimum atomic E-state index is -0.0411. The third kappa shape index (κ3) is 5.43. The summed E-state index contributed by atoms with van der Waals surface area (Å²) >= 11 is 1.73. The van der Waals surface area contributed by atoms with Crippen LogP contribution in [0, 0.1) is 0 Å². The van der Waals surface area contributed by atoms with Crippen LogP contribution < -0.4 is 5.32 Å². The number of carbonyl (C=O) groups excluding carboxylic acids is 1. The van der Waals surface area contributed by atoms with E-state index in [9.17, 15) is 4.79 Å². The van der Waals surface area contributed by atoms with Crippen LogP contribution in [0.5, 0.6) is 0 Å². The number of guanidine groups is 1. The van der Waals surface area contributed by atoms with E-state index >= 15 is 0 Å². The first-order valence-corrected chi connectivity index (χ1v) is 11.7. The van der Waals surface area contributed by atoms with Crippen molar-refractivity contribution in [3.63, 3.8) is 0 Å². The van der Waals surface area contributed by atoms with E-state index in [1.54, 1.807) is 29.7 Å². The molecule has 0 radical (unpaired) electrons. The molecule has 0 bridgehead atoms. The average Bonchev–Trinajstić information content (AvgIpc) is 3.50. The van der Waals surface area contributed by atoms with Crippen LogP contribution in [-0.2, 0) is 0 Å². The molecule has 1 atom stereocenters. The molecule has 1 unspecified atom stereocenters. The Bertz CT molecular complexity index is 779. The topological polar surface area (TPSA) is 64.3 Å². The highest BCUT2D eigenvalue weighted by Gasteiger charge is 2.26. The quantitative estimate of drug-likeness (QED) is 0.514. The first kappa shape index (κ1) is 22.4. The average molecular weight is 432 g/mol. The summed E-state index contributed by atoms with van der Waals surface area (Å²) in [6, 6.07) is 5.95. The molecule has 1 aliphatic rings. The van der Waals surface area contributed by atoms with Gasteiger partial charge >= 0.3 is 0 Å². The molecule has 8 heteroatoms. The molecule has 1 amide bonds. The Labute approximate surface area is 183 Å². The van der Waals surface area contributed by atoms with Crippen LogP contribution in [0.25, 0.3) is 0 Å². The number of furan rings is 1. The fourth-order valence-corrected chi connectivity index (χ4v) is 4.54. The smallest absolute Gasteiger partial charge is 0.289 e. The Morgan fingerprint density at radius 3 is 2.50 bits per heavy atom. The molecule has 2 aromatic heterocycles. The van der Waals surface area contributed by atoms with Gasteiger partial charge < -0.3 is 19.5 Å². The highest BCUT2D eigenvalue weighted by Crippen LogP contribution is 2.23. The molecule has 0 aromatic carbocycles. The van der Waals surface area contributed by atoms with Gasteiger partial charge in [-0.05, 0) is 54.5 Å². The number of piperazine rings is 1. The first-order valence-electron chi connectivity index (χ1n) is 10.8. The molecule has 0 aliphatic carbocycles. The zero-order valence-electron chi connectivity index (χ0n) is 18.2. The molecular formula is C22H33N5O2S. The maximum absolute atomic E-state index is 12.5. The van der Waals surface area contributed by atoms with Crippen LogP contribution in [-0.4, -0.2) is 78.9 Å². The molecule has 1 N–H and O–H groups in total. The normalized spacial score (nSPS) is 16.2. The van der Waals surface area contributed by atoms with Crippen LogP contribution in [0.1, 0.15) is 42.9 Å². The molecule has 164 valence electrons. The van der Waals surface area contributed by atoms with Crippen molar-refractivity contribution in [2.75, 3.05) is 52.4 Å². The van der Waals surface area contributed by atoms with E-state index in [0.717, 1.165) is 38.7 Å². The van der Waals surface area contributed by atoms with Gasteiger partial charge in [0.15, 0.2) is 11.7 Å². The van der Waals surface area contributed by atoms with Gasteiger partial charge in [-0.3, -0.25) is 14.7 Å². The number of amides is 1. The van der Waals surface area contributed by atoms with Crippen molar-refractivity contribution in [3.8, 4) is 0 Å². The maximum Gasteiger partial charge on any atom is 0.289 e. The molecule has 1 saturated heterocycles. The summed E-state index contributed by atoms with van der Waals surface area (Å²) in [5.74, 6) is 1.29. The molecule has 1 fully saturated rings. The largest absolute Gasteiger partial charge is 0.459 e. The van der Waals surface area contributed by atoms with Crippen molar-refractivity contribution in [1.82, 2.24) is 20.0 Å². The summed E-state index contributed by atoms with van der Waals surface area (Å²) in [6.07, 6.45) is 1.54. The van der Waals surface area contributed by atoms with Crippen molar-refractivity contribution in [2.24, 2.45) is 4.99 Å². The van der Waals surface area contributed by atoms with Gasteiger partial charge in [0.25, 0.3) is 5.91 Å². The van der Waals surface area contributed by atoms with E-state index in [1.807, 2.05) is 4.90 Å². The number of hydrogen-bond donors (Lipinski definition) is 1. The lowest BCUT2D eigenvalue weighted by molar-refractivity contribution is 0.0657. The first-order chi connectivity index (χ1) is 14.7. The predicted octanol–water partition coefficient (Wildman–Crippen LogP) is 3.15. The van der Waals surface area contributed by atoms with Gasteiger partial charge in [0.05, 0.1) is 18.8 Å². The van der Waals surface area contributed by atoms with E-state index in [4.69, 9.17) is 9.41 Å². The molecule has 1 aliphatic heterocycles. The summed E-state index contributed by atoms with van der Waals surface area (Å²) in [6.45, 7) is 12.9. The van der Waals surface area contributed by atoms with Gasteiger partial charge in [0.1, 0.15) is 0 Å². The van der Waals surface area contributed by atoms with E-state index in [-0.39, 0.29) is 11.9 Å². The van der Waals surface area contributed by atoms with Crippen molar-refractivity contribution >= 4 is 23.2 Å². The van der Waals surface area contributed by atoms with E-state index in [0.29, 0.717) is 25.4 Å². The standard InChI is InChI=1S/C22H33N5O2S/c1-4-23-22(24-16-19(25(5-2)6-3)18-9-15-30-17-18)27-12-10-26(11-13-27)21(28)20-8-7-14-29-20/h7-9,14-15,17,19H,4-6,10-13,16H2,1-3H3,(H,23,24). The summed E-state index contributed by atoms with van der Waals surface area (Å²) in [5, 5.41) is 7.80. The molecule has 3 heterocycles. The highest BCUT2D eigenvalue weighted by molar-refractivity contribution is 7.07. The van der Waals surface area contributed by atoms with Crippen molar-refractivity contribution in [2.45, 2.75) is 26.8 Å². The predicted molar refractivity (Wildman–Crippen MR) is 122 cm³/mol. The summed E-state index contributed by atoms with van der Waals surface area (Å²) in [4.78, 5) is 24.1. The number of likely N-dealkylation sites (N-methyl/N-ethyl adjacent to an activating group) is 1. The third-order valence-electron chi connectivity index (χ3n) is 5.53. The molecule has 2 aromatic rings. The van der Waals surface area contributed by atoms with Gasteiger partial charge in [-0.25, -0.2) is 0 Å². The van der Waals surface area contributed by atoms with Gasteiger partial charge in [-0.15, -0.1) is 0 Å². The van der Waals surface area contributed by atoms with Crippen molar-refractivity contribution in [1.29, 1.82) is 0 Å². The molecule has 30 heavy (non-hydrogen) atoms. The number of carbonyl (C=O) groups is 1. The second-order valence-corrected chi connectivity index (χ2v) is 8.02. The lowest BCUT2D eigenvalue weighted by atomic mass is 10.1. The zero-order valence-corrected chi connectivity index (χ0v) is 19.0. The van der Waals surface area contributed by atoms with Crippen LogP contribution in [0.3, 0.4) is 0 Å². The van der Waals surface area contributed by atoms with Gasteiger partial charge in [0, 0.05) is 32.7 Å². The van der Waals surface area contributed by atoms with Crippen LogP contribution in [0.15, 0.2) is 44.6 Å². The number of nitrogens with one attached hydrogen (secondary N) is 1. The summed E-state index contributed by atoms with van der Waals surface area (Å²) < 4.78 is 5.26. The monoisotopic (exact) mass is 431 g/mol. The van der Waals surface area contributed by atoms with Gasteiger partial charge in [-0.1, -0.05) is 13.8 Å². The van der Waals surface area contributed by atoms with E-state index in [1.165, 1.54) is 5.56 Å². The Morgan fingerprint density at radius 1 is 1.20 bits per heavy atom. The summed E-state index contributed by atoms with van der Waals surface area (Å²) in [7, 11) is 0. The number of rotatable bonds is 8. The number of hydrogen-bond acceptors (Lipinski definition) is 5. The van der Waals surface area contributed by atoms with Crippen LogP contribution >= 0.6 is 11.3 Å². The fourth-order valence-electron chi connectivity index (χ4n) is 3.84. The van der Waals surface area contributed by atoms with Crippen molar-refractivity contribution in [3.05, 3.63) is 46.5 Å². The van der Waals surface area contributed by atoms with E-state index in [2.05, 4.69) is 52.7 Å². The lowest BCUT2D eigenvalue weighted by Crippen LogP contribution is -2.54. The zero-order chi connectivity index (χ0) is 21.3. The Morgan fingerprint density at radius 2 is 1.93 bits per heavy atom. The number of aliphatic imine (C=N–C) groups is 1. The minimum absolute atomic E-state index is 0.0411. The molecule has 3 rings (SSSR count). The molecular weight excluding hydrogens is 398 g/mol. The second kappa shape index (κ2) is 11.2. The molecule has 7 nitrogen and oxygen atoms in total. The Balaban J connectivity index is 1.66. The van der Waals surface area contributed by atoms with Crippen molar-refractivity contribution < 1.29 is 9.21 Å². The number of thiophene rings is 1. The Kier molecular flexibility index (Phi) is 8.33. The third-order valence-corrected chi connectivity index (χ3v) is 6.23. The molecule has 0 saturated carbocycles. The summed E-state index contributed by atoms with van der Waals surface area (Å²) in [5.41, 5.74) is 1.33. The lowest BCUT2D eigenvalue weighted by Gasteiger charge is -2.36. The maximum atomic E-state index is 12.5. The van der Waals surface area contributed by atoms with Gasteiger partial charge in [-0.2, -0.15) is 11.3 Å². The van der Waals surface area contributed by atoms with Crippen LogP contribution in [0.2, 0.25) is 0 Å². The fraction of sp³-hybridized carbons (Fsp3) is 0.545. The highest BCUT2D eigenvalue weighted by atomic mass is 32.1. The Hall–Kier alpha value is -2.32. The minimum Gasteiger partial charge on any atom is -0.459 e. The van der Waals surface area contributed by atoms with E-state index < -0.39 is 0 Å². The molecule has 0 spiro atoms. The van der Waals surface area contributed by atoms with Gasteiger partial charge in [0.2, 0.25) is 0 Å². The van der Waals surface area contributed by atoms with Crippen LogP contribution in [0.4, 0.5) is 0 Å². The number of nitrogens with zero attached hydrogens (tertiary/aromatic N) is 4. The second-order valence-electron chi connectivity index (χ2n) is 7.24.